The first-order valence-corrected chi connectivity index (χ1v) is 16.1. The highest BCUT2D eigenvalue weighted by atomic mass is 32.2. The van der Waals surface area contributed by atoms with Crippen LogP contribution in [0.1, 0.15) is 58.3 Å². The predicted octanol–water partition coefficient (Wildman–Crippen LogP) is 7.01. The number of alkyl halides is 2. The molecule has 3 saturated carbocycles. The first-order valence-electron chi connectivity index (χ1n) is 14.1. The molecule has 0 aromatic heterocycles. The molecule has 0 amide bonds. The van der Waals surface area contributed by atoms with Crippen LogP contribution in [-0.4, -0.2) is 57.0 Å². The van der Waals surface area contributed by atoms with Crippen LogP contribution >= 0.6 is 11.8 Å². The van der Waals surface area contributed by atoms with Crippen molar-refractivity contribution in [2.75, 3.05) is 25.1 Å². The molecule has 2 atom stereocenters. The summed E-state index contributed by atoms with van der Waals surface area (Å²) in [5.41, 5.74) is 0.738. The largest absolute Gasteiger partial charge is 0.491 e. The third kappa shape index (κ3) is 5.99. The minimum absolute atomic E-state index is 0.0214. The van der Waals surface area contributed by atoms with Crippen LogP contribution in [-0.2, 0) is 15.8 Å². The Bertz CT molecular complexity index is 1370. The number of thioether (sulfide) groups is 1. The van der Waals surface area contributed by atoms with Crippen LogP contribution in [0.5, 0.6) is 5.75 Å². The van der Waals surface area contributed by atoms with E-state index in [-0.39, 0.29) is 26.0 Å². The summed E-state index contributed by atoms with van der Waals surface area (Å²) in [5, 5.41) is 10.1. The maximum absolute atomic E-state index is 14.4. The van der Waals surface area contributed by atoms with Gasteiger partial charge >= 0.3 is 5.97 Å². The number of fused-ring (bicyclic) bond motifs is 1. The van der Waals surface area contributed by atoms with Gasteiger partial charge in [-0.1, -0.05) is 6.07 Å². The molecule has 1 heterocycles. The summed E-state index contributed by atoms with van der Waals surface area (Å²) >= 11 is 1.69. The summed E-state index contributed by atoms with van der Waals surface area (Å²) in [4.78, 5) is 15.0. The van der Waals surface area contributed by atoms with Gasteiger partial charge in [0.1, 0.15) is 34.6 Å². The second kappa shape index (κ2) is 10.5. The second-order valence-electron chi connectivity index (χ2n) is 12.4. The zero-order chi connectivity index (χ0) is 29.2. The summed E-state index contributed by atoms with van der Waals surface area (Å²) in [7, 11) is -0.0709. The van der Waals surface area contributed by atoms with Crippen molar-refractivity contribution in [2.24, 2.45) is 10.8 Å². The molecule has 0 saturated heterocycles. The van der Waals surface area contributed by atoms with Crippen LogP contribution in [0.15, 0.2) is 46.2 Å². The molecule has 1 spiro atoms. The van der Waals surface area contributed by atoms with Gasteiger partial charge in [-0.3, -0.25) is 4.79 Å². The van der Waals surface area contributed by atoms with E-state index >= 15 is 0 Å². The molecule has 2 aromatic carbocycles. The lowest BCUT2D eigenvalue weighted by Crippen LogP contribution is -2.39. The van der Waals surface area contributed by atoms with Gasteiger partial charge in [0.2, 0.25) is 5.92 Å². The molecule has 1 N–H and O–H groups in total. The Morgan fingerprint density at radius 1 is 1.20 bits per heavy atom. The molecular weight excluding hydrogens is 573 g/mol. The van der Waals surface area contributed by atoms with E-state index in [9.17, 15) is 27.3 Å². The van der Waals surface area contributed by atoms with Gasteiger partial charge in [0.15, 0.2) is 0 Å². The number of nitrogens with zero attached hydrogens (tertiary/aromatic N) is 2. The van der Waals surface area contributed by atoms with Gasteiger partial charge < -0.3 is 14.7 Å². The van der Waals surface area contributed by atoms with E-state index < -0.39 is 40.2 Å². The number of hydrogen-bond donors (Lipinski definition) is 1. The fourth-order valence-corrected chi connectivity index (χ4v) is 8.88. The molecule has 3 fully saturated rings. The minimum atomic E-state index is -2.87. The van der Waals surface area contributed by atoms with Crippen molar-refractivity contribution in [1.82, 2.24) is 4.31 Å². The van der Waals surface area contributed by atoms with Crippen molar-refractivity contribution in [3.05, 3.63) is 42.2 Å². The number of carbonyl (C=O) groups is 1. The number of anilines is 2. The SMILES string of the molecule is CN1C(CCC(C)(F)F)CN(c2cccc(F)c2)c2cc(SC3CC4(CC4)C3)c(OCC3(C(=O)O)CC3)cc2S1=O. The zero-order valence-electron chi connectivity index (χ0n) is 23.2. The molecule has 11 heteroatoms. The number of rotatable bonds is 10. The van der Waals surface area contributed by atoms with Crippen LogP contribution in [0.3, 0.4) is 0 Å². The lowest BCUT2D eigenvalue weighted by atomic mass is 9.81. The highest BCUT2D eigenvalue weighted by Crippen LogP contribution is 2.65. The molecule has 2 aromatic rings. The van der Waals surface area contributed by atoms with E-state index in [4.69, 9.17) is 4.74 Å². The van der Waals surface area contributed by atoms with Crippen LogP contribution in [0, 0.1) is 16.6 Å². The smallest absolute Gasteiger partial charge is 0.313 e. The van der Waals surface area contributed by atoms with E-state index in [1.54, 1.807) is 41.3 Å². The fraction of sp³-hybridized carbons (Fsp3) is 0.567. The van der Waals surface area contributed by atoms with Crippen molar-refractivity contribution < 1.29 is 32.0 Å². The molecule has 6 rings (SSSR count). The number of hydrogen-bond acceptors (Lipinski definition) is 5. The number of halogens is 3. The van der Waals surface area contributed by atoms with Crippen LogP contribution in [0.4, 0.5) is 24.5 Å². The van der Waals surface area contributed by atoms with Crippen LogP contribution < -0.4 is 9.64 Å². The molecule has 0 radical (unpaired) electrons. The number of aliphatic carboxylic acids is 1. The van der Waals surface area contributed by atoms with E-state index in [1.807, 2.05) is 11.0 Å². The topological polar surface area (TPSA) is 70.1 Å². The van der Waals surface area contributed by atoms with Gasteiger partial charge in [0.25, 0.3) is 0 Å². The van der Waals surface area contributed by atoms with E-state index in [0.717, 1.165) is 24.7 Å². The highest BCUT2D eigenvalue weighted by molar-refractivity contribution is 8.00. The molecular formula is C30H35F3N2O4S2. The maximum atomic E-state index is 14.4. The van der Waals surface area contributed by atoms with Gasteiger partial charge in [-0.2, -0.15) is 0 Å². The Morgan fingerprint density at radius 3 is 2.54 bits per heavy atom. The van der Waals surface area contributed by atoms with Crippen molar-refractivity contribution in [1.29, 1.82) is 0 Å². The van der Waals surface area contributed by atoms with Gasteiger partial charge in [0.05, 0.1) is 15.5 Å². The summed E-state index contributed by atoms with van der Waals surface area (Å²) in [5.74, 6) is -3.70. The van der Waals surface area contributed by atoms with Crippen molar-refractivity contribution >= 4 is 40.1 Å². The standard InChI is InChI=1S/C30H35F3N2O4S2/c1-28(32,33)7-6-21-17-35(20-5-3-4-19(31)12-20)23-13-25(40-22-15-29(16-22)8-9-29)24(14-26(23)41(38)34(21)2)39-18-30(10-11-30)27(36)37/h3-5,12-14,21-22H,6-11,15-18H2,1-2H3,(H,36,37). The summed E-state index contributed by atoms with van der Waals surface area (Å²) in [6, 6.07) is 9.24. The third-order valence-corrected chi connectivity index (χ3v) is 11.9. The summed E-state index contributed by atoms with van der Waals surface area (Å²) < 4.78 is 64.0. The normalized spacial score (nSPS) is 24.9. The number of benzene rings is 2. The molecule has 3 aliphatic carbocycles. The van der Waals surface area contributed by atoms with Gasteiger partial charge in [-0.15, -0.1) is 11.8 Å². The Labute approximate surface area is 245 Å². The molecule has 41 heavy (non-hydrogen) atoms. The van der Waals surface area contributed by atoms with E-state index in [2.05, 4.69) is 0 Å². The molecule has 1 aliphatic heterocycles. The minimum Gasteiger partial charge on any atom is -0.491 e. The van der Waals surface area contributed by atoms with Crippen LogP contribution in [0.25, 0.3) is 0 Å². The lowest BCUT2D eigenvalue weighted by Gasteiger charge is -2.36. The Balaban J connectivity index is 1.40. The van der Waals surface area contributed by atoms with E-state index in [0.29, 0.717) is 45.5 Å². The fourth-order valence-electron chi connectivity index (χ4n) is 5.92. The molecule has 2 unspecified atom stereocenters. The van der Waals surface area contributed by atoms with Crippen molar-refractivity contribution in [3.8, 4) is 5.75 Å². The first kappa shape index (κ1) is 28.9. The zero-order valence-corrected chi connectivity index (χ0v) is 24.8. The van der Waals surface area contributed by atoms with Crippen molar-refractivity contribution in [2.45, 2.75) is 85.3 Å². The monoisotopic (exact) mass is 608 g/mol. The third-order valence-electron chi connectivity index (χ3n) is 9.09. The second-order valence-corrected chi connectivity index (χ2v) is 15.3. The van der Waals surface area contributed by atoms with Crippen LogP contribution in [0.2, 0.25) is 0 Å². The summed E-state index contributed by atoms with van der Waals surface area (Å²) in [6.07, 6.45) is 5.57. The molecule has 6 nitrogen and oxygen atoms in total. The molecule has 222 valence electrons. The molecule has 4 aliphatic rings. The van der Waals surface area contributed by atoms with Crippen molar-refractivity contribution in [3.63, 3.8) is 0 Å². The average Bonchev–Trinajstić information content (AvgIpc) is 3.81. The van der Waals surface area contributed by atoms with Gasteiger partial charge in [-0.05, 0) is 81.5 Å². The van der Waals surface area contributed by atoms with Gasteiger partial charge in [0, 0.05) is 43.1 Å². The maximum Gasteiger partial charge on any atom is 0.313 e. The highest BCUT2D eigenvalue weighted by Gasteiger charge is 2.54. The lowest BCUT2D eigenvalue weighted by molar-refractivity contribution is -0.144. The molecule has 0 bridgehead atoms. The Morgan fingerprint density at radius 2 is 1.93 bits per heavy atom. The Hall–Kier alpha value is -2.24. The number of carboxylic acids is 1. The quantitative estimate of drug-likeness (QED) is 0.313. The first-order chi connectivity index (χ1) is 19.4. The van der Waals surface area contributed by atoms with Gasteiger partial charge in [-0.25, -0.2) is 21.7 Å². The predicted molar refractivity (Wildman–Crippen MR) is 153 cm³/mol. The summed E-state index contributed by atoms with van der Waals surface area (Å²) in [6.45, 7) is 1.14. The van der Waals surface area contributed by atoms with E-state index in [1.165, 1.54) is 25.0 Å². The number of ether oxygens (including phenoxy) is 1. The number of likely N-dealkylation sites (N-methyl/N-ethyl adjacent to an activating group) is 1. The average molecular weight is 609 g/mol. The Kier molecular flexibility index (Phi) is 7.38. The number of carboxylic acid groups (broad SMARTS) is 1.